The van der Waals surface area contributed by atoms with Crippen molar-refractivity contribution >= 4 is 0 Å². The lowest BCUT2D eigenvalue weighted by Gasteiger charge is -2.28. The molecule has 0 aromatic heterocycles. The van der Waals surface area contributed by atoms with Crippen LogP contribution in [0.2, 0.25) is 0 Å². The van der Waals surface area contributed by atoms with E-state index in [4.69, 9.17) is 14.9 Å². The molecule has 0 saturated carbocycles. The van der Waals surface area contributed by atoms with Crippen LogP contribution in [0.25, 0.3) is 0 Å². The number of hydrogen-bond acceptors (Lipinski definition) is 3. The van der Waals surface area contributed by atoms with Crippen molar-refractivity contribution in [2.24, 2.45) is 0 Å². The lowest BCUT2D eigenvalue weighted by molar-refractivity contribution is -0.115. The molecule has 1 aliphatic rings. The summed E-state index contributed by atoms with van der Waals surface area (Å²) in [7, 11) is 0. The van der Waals surface area contributed by atoms with Crippen LogP contribution in [0.1, 0.15) is 13.3 Å². The van der Waals surface area contributed by atoms with E-state index in [-0.39, 0.29) is 6.10 Å². The molecule has 0 amide bonds. The van der Waals surface area contributed by atoms with Crippen molar-refractivity contribution in [1.29, 1.82) is 0 Å². The quantitative estimate of drug-likeness (QED) is 0.468. The van der Waals surface area contributed by atoms with E-state index >= 15 is 0 Å². The first-order chi connectivity index (χ1) is 4.20. The lowest BCUT2D eigenvalue weighted by Crippen LogP contribution is -2.39. The van der Waals surface area contributed by atoms with Crippen molar-refractivity contribution in [2.75, 3.05) is 6.61 Å². The second-order valence-electron chi connectivity index (χ2n) is 2.50. The van der Waals surface area contributed by atoms with Crippen molar-refractivity contribution in [3.63, 3.8) is 0 Å². The summed E-state index contributed by atoms with van der Waals surface area (Å²) in [5, 5.41) is 18.0. The Bertz CT molecular complexity index is 94.3. The summed E-state index contributed by atoms with van der Waals surface area (Å²) in [6.45, 7) is 2.16. The highest BCUT2D eigenvalue weighted by Crippen LogP contribution is 2.12. The Balaban J connectivity index is 2.35. The average Bonchev–Trinajstić information content (AvgIpc) is 1.80. The molecule has 1 heterocycles. The molecule has 0 aromatic rings. The molecule has 9 heavy (non-hydrogen) atoms. The summed E-state index contributed by atoms with van der Waals surface area (Å²) < 4.78 is 5.00. The van der Waals surface area contributed by atoms with E-state index in [2.05, 4.69) is 0 Å². The molecule has 3 heteroatoms. The Morgan fingerprint density at radius 2 is 2.11 bits per heavy atom. The van der Waals surface area contributed by atoms with E-state index in [0.29, 0.717) is 13.0 Å². The Morgan fingerprint density at radius 1 is 1.44 bits per heavy atom. The Morgan fingerprint density at radius 3 is 2.56 bits per heavy atom. The number of aliphatic hydroxyl groups excluding tert-OH is 2. The molecule has 0 aromatic carbocycles. The molecule has 0 radical (unpaired) electrons. The predicted octanol–water partition coefficient (Wildman–Crippen LogP) is -0.483. The van der Waals surface area contributed by atoms with E-state index in [1.165, 1.54) is 0 Å². The summed E-state index contributed by atoms with van der Waals surface area (Å²) in [6.07, 6.45) is -0.639. The zero-order valence-electron chi connectivity index (χ0n) is 5.45. The summed E-state index contributed by atoms with van der Waals surface area (Å²) in [5.74, 6) is 0. The van der Waals surface area contributed by atoms with Gasteiger partial charge in [-0.05, 0) is 6.92 Å². The smallest absolute Gasteiger partial charge is 0.0824 e. The minimum Gasteiger partial charge on any atom is -0.391 e. The summed E-state index contributed by atoms with van der Waals surface area (Å²) in [6, 6.07) is 0. The van der Waals surface area contributed by atoms with Gasteiger partial charge in [-0.2, -0.15) is 0 Å². The molecule has 1 fully saturated rings. The SMILES string of the molecule is C[C@H]1OC[C@H](O)C[C@@H]1O. The topological polar surface area (TPSA) is 49.7 Å². The molecular formula is C6H12O3. The van der Waals surface area contributed by atoms with Crippen LogP contribution in [0, 0.1) is 0 Å². The van der Waals surface area contributed by atoms with Crippen molar-refractivity contribution in [2.45, 2.75) is 31.7 Å². The highest BCUT2D eigenvalue weighted by atomic mass is 16.5. The van der Waals surface area contributed by atoms with Gasteiger partial charge in [-0.25, -0.2) is 0 Å². The Labute approximate surface area is 54.3 Å². The molecule has 0 aliphatic carbocycles. The van der Waals surface area contributed by atoms with Gasteiger partial charge in [-0.15, -0.1) is 0 Å². The molecule has 0 spiro atoms. The van der Waals surface area contributed by atoms with Crippen LogP contribution in [-0.4, -0.2) is 35.1 Å². The summed E-state index contributed by atoms with van der Waals surface area (Å²) >= 11 is 0. The van der Waals surface area contributed by atoms with Gasteiger partial charge >= 0.3 is 0 Å². The third-order valence-electron chi connectivity index (χ3n) is 1.61. The second kappa shape index (κ2) is 2.64. The van der Waals surface area contributed by atoms with Crippen LogP contribution in [0.5, 0.6) is 0 Å². The van der Waals surface area contributed by atoms with Gasteiger partial charge in [-0.3, -0.25) is 0 Å². The first-order valence-electron chi connectivity index (χ1n) is 3.18. The molecule has 54 valence electrons. The van der Waals surface area contributed by atoms with Crippen LogP contribution < -0.4 is 0 Å². The van der Waals surface area contributed by atoms with Crippen molar-refractivity contribution < 1.29 is 14.9 Å². The average molecular weight is 132 g/mol. The van der Waals surface area contributed by atoms with Crippen LogP contribution in [0.3, 0.4) is 0 Å². The largest absolute Gasteiger partial charge is 0.391 e. The zero-order chi connectivity index (χ0) is 6.85. The van der Waals surface area contributed by atoms with E-state index < -0.39 is 12.2 Å². The number of hydrogen-bond donors (Lipinski definition) is 2. The third kappa shape index (κ3) is 1.64. The molecule has 0 bridgehead atoms. The molecule has 2 N–H and O–H groups in total. The second-order valence-corrected chi connectivity index (χ2v) is 2.50. The minimum atomic E-state index is -0.492. The Hall–Kier alpha value is -0.120. The molecule has 3 nitrogen and oxygen atoms in total. The number of ether oxygens (including phenoxy) is 1. The summed E-state index contributed by atoms with van der Waals surface area (Å²) in [4.78, 5) is 0. The normalized spacial score (nSPS) is 45.0. The van der Waals surface area contributed by atoms with Gasteiger partial charge < -0.3 is 14.9 Å². The fourth-order valence-electron chi connectivity index (χ4n) is 0.912. The van der Waals surface area contributed by atoms with Crippen molar-refractivity contribution in [3.05, 3.63) is 0 Å². The van der Waals surface area contributed by atoms with Gasteiger partial charge in [0.1, 0.15) is 0 Å². The third-order valence-corrected chi connectivity index (χ3v) is 1.61. The van der Waals surface area contributed by atoms with Gasteiger partial charge in [0.25, 0.3) is 0 Å². The lowest BCUT2D eigenvalue weighted by atomic mass is 10.1. The van der Waals surface area contributed by atoms with Gasteiger partial charge in [0.15, 0.2) is 0 Å². The first kappa shape index (κ1) is 6.99. The van der Waals surface area contributed by atoms with Crippen molar-refractivity contribution in [3.8, 4) is 0 Å². The van der Waals surface area contributed by atoms with Crippen LogP contribution in [0.15, 0.2) is 0 Å². The highest BCUT2D eigenvalue weighted by molar-refractivity contribution is 4.74. The monoisotopic (exact) mass is 132 g/mol. The van der Waals surface area contributed by atoms with E-state index in [9.17, 15) is 0 Å². The minimum absolute atomic E-state index is 0.117. The maximum atomic E-state index is 9.06. The summed E-state index contributed by atoms with van der Waals surface area (Å²) in [5.41, 5.74) is 0. The molecule has 1 rings (SSSR count). The van der Waals surface area contributed by atoms with E-state index in [1.807, 2.05) is 0 Å². The number of aliphatic hydroxyl groups is 2. The van der Waals surface area contributed by atoms with Crippen molar-refractivity contribution in [1.82, 2.24) is 0 Å². The van der Waals surface area contributed by atoms with Crippen LogP contribution >= 0.6 is 0 Å². The first-order valence-corrected chi connectivity index (χ1v) is 3.18. The van der Waals surface area contributed by atoms with Gasteiger partial charge in [0, 0.05) is 6.42 Å². The maximum Gasteiger partial charge on any atom is 0.0824 e. The number of rotatable bonds is 0. The zero-order valence-corrected chi connectivity index (χ0v) is 5.45. The standard InChI is InChI=1S/C6H12O3/c1-4-6(8)2-5(7)3-9-4/h4-8H,2-3H2,1H3/t4-,5-,6+/m1/s1. The van der Waals surface area contributed by atoms with Crippen LogP contribution in [-0.2, 0) is 4.74 Å². The highest BCUT2D eigenvalue weighted by Gasteiger charge is 2.24. The molecule has 1 aliphatic heterocycles. The van der Waals surface area contributed by atoms with Gasteiger partial charge in [0.2, 0.25) is 0 Å². The van der Waals surface area contributed by atoms with E-state index in [1.54, 1.807) is 6.92 Å². The predicted molar refractivity (Wildman–Crippen MR) is 32.0 cm³/mol. The fraction of sp³-hybridized carbons (Fsp3) is 1.00. The molecule has 1 saturated heterocycles. The molecule has 0 unspecified atom stereocenters. The van der Waals surface area contributed by atoms with Gasteiger partial charge in [0.05, 0.1) is 24.9 Å². The maximum absolute atomic E-state index is 9.06. The van der Waals surface area contributed by atoms with E-state index in [0.717, 1.165) is 0 Å². The molecular weight excluding hydrogens is 120 g/mol. The fourth-order valence-corrected chi connectivity index (χ4v) is 0.912. The van der Waals surface area contributed by atoms with Gasteiger partial charge in [-0.1, -0.05) is 0 Å². The van der Waals surface area contributed by atoms with Crippen LogP contribution in [0.4, 0.5) is 0 Å². The molecule has 3 atom stereocenters. The Kier molecular flexibility index (Phi) is 2.05.